The average Bonchev–Trinajstić information content (AvgIpc) is 2.23. The summed E-state index contributed by atoms with van der Waals surface area (Å²) in [6.07, 6.45) is 0. The first kappa shape index (κ1) is 12.6. The molecule has 5 heteroatoms. The molecular weight excluding hydrogens is 237 g/mol. The van der Waals surface area contributed by atoms with Gasteiger partial charge in [0.25, 0.3) is 0 Å². The molecule has 0 amide bonds. The van der Waals surface area contributed by atoms with Gasteiger partial charge < -0.3 is 15.2 Å². The number of aromatic hydroxyl groups is 1. The number of phenols is 1. The molecule has 84 valence electrons. The third-order valence-electron chi connectivity index (χ3n) is 2.29. The lowest BCUT2D eigenvalue weighted by atomic mass is 10.1. The molecule has 1 aromatic rings. The summed E-state index contributed by atoms with van der Waals surface area (Å²) in [6, 6.07) is 5.09. The zero-order valence-electron chi connectivity index (χ0n) is 8.07. The van der Waals surface area contributed by atoms with Crippen molar-refractivity contribution in [2.75, 3.05) is 19.8 Å². The van der Waals surface area contributed by atoms with Gasteiger partial charge in [0.1, 0.15) is 5.75 Å². The monoisotopic (exact) mass is 249 g/mol. The summed E-state index contributed by atoms with van der Waals surface area (Å²) in [6.45, 7) is 2.10. The highest BCUT2D eigenvalue weighted by atomic mass is 35.5. The molecule has 1 fully saturated rings. The van der Waals surface area contributed by atoms with Crippen molar-refractivity contribution in [2.45, 2.75) is 6.04 Å². The largest absolute Gasteiger partial charge is 0.508 e. The van der Waals surface area contributed by atoms with Crippen molar-refractivity contribution in [3.05, 3.63) is 28.8 Å². The van der Waals surface area contributed by atoms with Gasteiger partial charge in [-0.3, -0.25) is 0 Å². The second kappa shape index (κ2) is 5.56. The predicted octanol–water partition coefficient (Wildman–Crippen LogP) is 2.13. The first-order chi connectivity index (χ1) is 6.77. The molecule has 1 aliphatic heterocycles. The van der Waals surface area contributed by atoms with Gasteiger partial charge in [0, 0.05) is 17.1 Å². The Morgan fingerprint density at radius 3 is 2.93 bits per heavy atom. The van der Waals surface area contributed by atoms with Gasteiger partial charge in [-0.1, -0.05) is 11.6 Å². The first-order valence-corrected chi connectivity index (χ1v) is 4.95. The van der Waals surface area contributed by atoms with Gasteiger partial charge in [0.05, 0.1) is 19.3 Å². The lowest BCUT2D eigenvalue weighted by Crippen LogP contribution is -2.34. The van der Waals surface area contributed by atoms with Crippen molar-refractivity contribution in [1.82, 2.24) is 5.32 Å². The number of morpholine rings is 1. The van der Waals surface area contributed by atoms with E-state index < -0.39 is 0 Å². The molecule has 2 N–H and O–H groups in total. The SMILES string of the molecule is Cl.Oc1ccc(Cl)cc1[C@H]1COCCN1. The fraction of sp³-hybridized carbons (Fsp3) is 0.400. The Labute approximate surface area is 99.8 Å². The minimum absolute atomic E-state index is 0. The number of benzene rings is 1. The Kier molecular flexibility index (Phi) is 4.67. The molecule has 1 heterocycles. The molecule has 0 aliphatic carbocycles. The second-order valence-corrected chi connectivity index (χ2v) is 3.72. The topological polar surface area (TPSA) is 41.5 Å². The van der Waals surface area contributed by atoms with E-state index in [0.717, 1.165) is 18.7 Å². The summed E-state index contributed by atoms with van der Waals surface area (Å²) in [7, 11) is 0. The molecule has 0 bridgehead atoms. The van der Waals surface area contributed by atoms with E-state index in [9.17, 15) is 5.11 Å². The number of ether oxygens (including phenoxy) is 1. The quantitative estimate of drug-likeness (QED) is 0.802. The molecule has 1 atom stereocenters. The molecule has 0 aromatic heterocycles. The minimum atomic E-state index is 0. The molecule has 0 radical (unpaired) electrons. The molecule has 0 spiro atoms. The van der Waals surface area contributed by atoms with Gasteiger partial charge in [-0.25, -0.2) is 0 Å². The van der Waals surface area contributed by atoms with Gasteiger partial charge in [0.2, 0.25) is 0 Å². The van der Waals surface area contributed by atoms with Crippen LogP contribution in [0.15, 0.2) is 18.2 Å². The van der Waals surface area contributed by atoms with Crippen molar-refractivity contribution in [1.29, 1.82) is 0 Å². The van der Waals surface area contributed by atoms with Crippen LogP contribution in [0.4, 0.5) is 0 Å². The first-order valence-electron chi connectivity index (χ1n) is 4.57. The Bertz CT molecular complexity index is 327. The van der Waals surface area contributed by atoms with Crippen molar-refractivity contribution >= 4 is 24.0 Å². The number of hydrogen-bond acceptors (Lipinski definition) is 3. The lowest BCUT2D eigenvalue weighted by molar-refractivity contribution is 0.0761. The van der Waals surface area contributed by atoms with Gasteiger partial charge in [-0.05, 0) is 18.2 Å². The van der Waals surface area contributed by atoms with Crippen molar-refractivity contribution in [3.63, 3.8) is 0 Å². The van der Waals surface area contributed by atoms with Gasteiger partial charge in [-0.15, -0.1) is 12.4 Å². The van der Waals surface area contributed by atoms with E-state index in [1.807, 2.05) is 0 Å². The highest BCUT2D eigenvalue weighted by molar-refractivity contribution is 6.30. The summed E-state index contributed by atoms with van der Waals surface area (Å²) >= 11 is 5.86. The van der Waals surface area contributed by atoms with Crippen LogP contribution < -0.4 is 5.32 Å². The average molecular weight is 250 g/mol. The fourth-order valence-corrected chi connectivity index (χ4v) is 1.75. The van der Waals surface area contributed by atoms with E-state index in [1.54, 1.807) is 18.2 Å². The number of halogens is 2. The zero-order chi connectivity index (χ0) is 9.97. The van der Waals surface area contributed by atoms with E-state index in [-0.39, 0.29) is 24.2 Å². The van der Waals surface area contributed by atoms with E-state index >= 15 is 0 Å². The summed E-state index contributed by atoms with van der Waals surface area (Å²) in [5.41, 5.74) is 0.803. The van der Waals surface area contributed by atoms with Crippen LogP contribution in [0.3, 0.4) is 0 Å². The standard InChI is InChI=1S/C10H12ClNO2.ClH/c11-7-1-2-10(13)8(5-7)9-6-14-4-3-12-9;/h1-2,5,9,12-13H,3-4,6H2;1H/t9-;/m1./s1. The lowest BCUT2D eigenvalue weighted by Gasteiger charge is -2.24. The van der Waals surface area contributed by atoms with Crippen LogP contribution in [0, 0.1) is 0 Å². The van der Waals surface area contributed by atoms with Crippen LogP contribution in [-0.2, 0) is 4.74 Å². The van der Waals surface area contributed by atoms with E-state index in [4.69, 9.17) is 16.3 Å². The fourth-order valence-electron chi connectivity index (χ4n) is 1.57. The molecule has 1 aliphatic rings. The maximum atomic E-state index is 9.63. The van der Waals surface area contributed by atoms with Crippen molar-refractivity contribution in [2.24, 2.45) is 0 Å². The van der Waals surface area contributed by atoms with Crippen LogP contribution in [0.1, 0.15) is 11.6 Å². The van der Waals surface area contributed by atoms with Crippen LogP contribution in [0.5, 0.6) is 5.75 Å². The van der Waals surface area contributed by atoms with Crippen LogP contribution in [0.25, 0.3) is 0 Å². The molecular formula is C10H13Cl2NO2. The van der Waals surface area contributed by atoms with Crippen molar-refractivity contribution in [3.8, 4) is 5.75 Å². The molecule has 3 nitrogen and oxygen atoms in total. The Hall–Kier alpha value is -0.480. The number of rotatable bonds is 1. The highest BCUT2D eigenvalue weighted by Crippen LogP contribution is 2.28. The maximum absolute atomic E-state index is 9.63. The third-order valence-corrected chi connectivity index (χ3v) is 2.52. The minimum Gasteiger partial charge on any atom is -0.508 e. The molecule has 15 heavy (non-hydrogen) atoms. The highest BCUT2D eigenvalue weighted by Gasteiger charge is 2.18. The van der Waals surface area contributed by atoms with E-state index in [2.05, 4.69) is 5.32 Å². The van der Waals surface area contributed by atoms with Gasteiger partial charge in [0.15, 0.2) is 0 Å². The number of nitrogens with one attached hydrogen (secondary N) is 1. The van der Waals surface area contributed by atoms with Crippen LogP contribution >= 0.6 is 24.0 Å². The summed E-state index contributed by atoms with van der Waals surface area (Å²) < 4.78 is 5.31. The molecule has 1 aromatic carbocycles. The van der Waals surface area contributed by atoms with Crippen LogP contribution in [0.2, 0.25) is 5.02 Å². The van der Waals surface area contributed by atoms with Crippen LogP contribution in [-0.4, -0.2) is 24.9 Å². The van der Waals surface area contributed by atoms with Gasteiger partial charge in [-0.2, -0.15) is 0 Å². The Morgan fingerprint density at radius 2 is 2.27 bits per heavy atom. The molecule has 0 saturated carbocycles. The molecule has 1 saturated heterocycles. The van der Waals surface area contributed by atoms with Crippen molar-refractivity contribution < 1.29 is 9.84 Å². The summed E-state index contributed by atoms with van der Waals surface area (Å²) in [5, 5.41) is 13.5. The Morgan fingerprint density at radius 1 is 1.47 bits per heavy atom. The normalized spacial score (nSPS) is 20.7. The van der Waals surface area contributed by atoms with E-state index in [0.29, 0.717) is 11.6 Å². The van der Waals surface area contributed by atoms with Gasteiger partial charge >= 0.3 is 0 Å². The zero-order valence-corrected chi connectivity index (χ0v) is 9.64. The predicted molar refractivity (Wildman–Crippen MR) is 61.9 cm³/mol. The summed E-state index contributed by atoms with van der Waals surface area (Å²) in [5.74, 6) is 0.261. The summed E-state index contributed by atoms with van der Waals surface area (Å²) in [4.78, 5) is 0. The second-order valence-electron chi connectivity index (χ2n) is 3.28. The Balaban J connectivity index is 0.00000112. The smallest absolute Gasteiger partial charge is 0.120 e. The third kappa shape index (κ3) is 2.98. The molecule has 2 rings (SSSR count). The number of phenolic OH excluding ortho intramolecular Hbond substituents is 1. The van der Waals surface area contributed by atoms with E-state index in [1.165, 1.54) is 0 Å². The number of hydrogen-bond donors (Lipinski definition) is 2. The molecule has 0 unspecified atom stereocenters. The maximum Gasteiger partial charge on any atom is 0.120 e.